The number of aromatic hydroxyl groups is 1. The van der Waals surface area contributed by atoms with E-state index in [1.807, 2.05) is 19.1 Å². The number of rotatable bonds is 1. The number of nitrogens with zero attached hydrogens (tertiary/aromatic N) is 2. The van der Waals surface area contributed by atoms with Gasteiger partial charge in [0.25, 0.3) is 0 Å². The fraction of sp³-hybridized carbons (Fsp3) is 0.111. The van der Waals surface area contributed by atoms with E-state index in [0.717, 1.165) is 33.1 Å². The molecular weight excluding hydrogens is 342 g/mol. The quantitative estimate of drug-likeness (QED) is 0.536. The molecule has 0 saturated heterocycles. The second-order valence-electron chi connectivity index (χ2n) is 5.91. The van der Waals surface area contributed by atoms with Gasteiger partial charge in [0.1, 0.15) is 5.75 Å². The molecule has 1 aliphatic heterocycles. The zero-order chi connectivity index (χ0) is 17.1. The third-order valence-corrected chi connectivity index (χ3v) is 4.71. The van der Waals surface area contributed by atoms with Crippen LogP contribution in [-0.2, 0) is 0 Å². The fourth-order valence-corrected chi connectivity index (χ4v) is 3.39. The molecule has 0 spiro atoms. The molecule has 2 aromatic carbocycles. The molecule has 2 aromatic heterocycles. The number of H-pyrrole nitrogens is 1. The minimum atomic E-state index is 0.0332. The molecule has 124 valence electrons. The molecular formula is C18H12ClN3O3. The zero-order valence-corrected chi connectivity index (χ0v) is 13.9. The molecule has 0 aliphatic carbocycles. The van der Waals surface area contributed by atoms with E-state index in [4.69, 9.17) is 26.1 Å². The van der Waals surface area contributed by atoms with Crippen LogP contribution in [-0.4, -0.2) is 27.1 Å². The lowest BCUT2D eigenvalue weighted by Gasteiger charge is -2.10. The van der Waals surface area contributed by atoms with Crippen LogP contribution in [0.3, 0.4) is 0 Å². The van der Waals surface area contributed by atoms with Crippen molar-refractivity contribution in [3.63, 3.8) is 0 Å². The molecule has 7 heteroatoms. The van der Waals surface area contributed by atoms with E-state index in [0.29, 0.717) is 17.1 Å². The third kappa shape index (κ3) is 2.04. The summed E-state index contributed by atoms with van der Waals surface area (Å²) in [5.41, 5.74) is 3.07. The summed E-state index contributed by atoms with van der Waals surface area (Å²) in [7, 11) is 0. The van der Waals surface area contributed by atoms with Gasteiger partial charge >= 0.3 is 0 Å². The van der Waals surface area contributed by atoms with Gasteiger partial charge < -0.3 is 14.6 Å². The van der Waals surface area contributed by atoms with Crippen LogP contribution in [0.15, 0.2) is 30.3 Å². The Morgan fingerprint density at radius 1 is 1.12 bits per heavy atom. The molecule has 4 aromatic rings. The number of fused-ring (bicyclic) bond motifs is 4. The molecule has 3 heterocycles. The molecule has 0 amide bonds. The maximum atomic E-state index is 9.70. The average molecular weight is 354 g/mol. The van der Waals surface area contributed by atoms with Crippen LogP contribution >= 0.6 is 11.6 Å². The van der Waals surface area contributed by atoms with Gasteiger partial charge in [0.05, 0.1) is 16.4 Å². The molecule has 0 unspecified atom stereocenters. The number of aromatic nitrogens is 3. The van der Waals surface area contributed by atoms with E-state index in [1.54, 1.807) is 18.2 Å². The molecule has 0 fully saturated rings. The summed E-state index contributed by atoms with van der Waals surface area (Å²) in [4.78, 5) is 4.74. The number of phenols is 1. The first kappa shape index (κ1) is 14.4. The fourth-order valence-electron chi connectivity index (χ4n) is 3.21. The van der Waals surface area contributed by atoms with Crippen molar-refractivity contribution in [1.29, 1.82) is 0 Å². The van der Waals surface area contributed by atoms with Gasteiger partial charge in [0.2, 0.25) is 6.79 Å². The van der Waals surface area contributed by atoms with Gasteiger partial charge in [-0.25, -0.2) is 4.98 Å². The molecule has 0 bridgehead atoms. The topological polar surface area (TPSA) is 80.3 Å². The van der Waals surface area contributed by atoms with E-state index < -0.39 is 0 Å². The van der Waals surface area contributed by atoms with Crippen molar-refractivity contribution in [3.05, 3.63) is 41.0 Å². The van der Waals surface area contributed by atoms with Crippen LogP contribution in [0.5, 0.6) is 17.2 Å². The van der Waals surface area contributed by atoms with Gasteiger partial charge in [-0.1, -0.05) is 11.6 Å². The first-order valence-electron chi connectivity index (χ1n) is 7.69. The summed E-state index contributed by atoms with van der Waals surface area (Å²) in [5.74, 6) is 1.42. The highest BCUT2D eigenvalue weighted by atomic mass is 35.5. The Labute approximate surface area is 147 Å². The maximum absolute atomic E-state index is 9.70. The van der Waals surface area contributed by atoms with Crippen molar-refractivity contribution in [2.75, 3.05) is 6.79 Å². The second-order valence-corrected chi connectivity index (χ2v) is 6.32. The van der Waals surface area contributed by atoms with Crippen molar-refractivity contribution in [3.8, 4) is 28.5 Å². The van der Waals surface area contributed by atoms with Gasteiger partial charge in [-0.05, 0) is 37.3 Å². The van der Waals surface area contributed by atoms with Crippen LogP contribution < -0.4 is 9.47 Å². The highest BCUT2D eigenvalue weighted by Crippen LogP contribution is 2.42. The average Bonchev–Trinajstić information content (AvgIpc) is 3.21. The Morgan fingerprint density at radius 3 is 2.64 bits per heavy atom. The van der Waals surface area contributed by atoms with Gasteiger partial charge in [0.15, 0.2) is 17.1 Å². The largest absolute Gasteiger partial charge is 0.506 e. The number of phenolic OH excluding ortho intramolecular Hbond substituents is 1. The highest BCUT2D eigenvalue weighted by molar-refractivity contribution is 6.32. The molecule has 1 aliphatic rings. The van der Waals surface area contributed by atoms with Crippen molar-refractivity contribution in [1.82, 2.24) is 15.2 Å². The van der Waals surface area contributed by atoms with Crippen LogP contribution in [0.1, 0.15) is 5.69 Å². The summed E-state index contributed by atoms with van der Waals surface area (Å²) in [6, 6.07) is 8.91. The van der Waals surface area contributed by atoms with Crippen LogP contribution in [0.2, 0.25) is 5.02 Å². The van der Waals surface area contributed by atoms with Crippen LogP contribution in [0.4, 0.5) is 0 Å². The van der Waals surface area contributed by atoms with Gasteiger partial charge in [-0.15, -0.1) is 0 Å². The lowest BCUT2D eigenvalue weighted by atomic mass is 10.0. The standard InChI is InChI=1S/C18H12ClN3O3/c1-8-16-10-5-14-15(25-7-24-14)6-11(10)17(20-18(16)22-21-8)9-2-3-13(23)12(19)4-9/h2-6,23H,7H2,1H3,(H,20,21,22). The van der Waals surface area contributed by atoms with E-state index in [9.17, 15) is 5.11 Å². The van der Waals surface area contributed by atoms with Gasteiger partial charge in [-0.2, -0.15) is 5.10 Å². The monoisotopic (exact) mass is 353 g/mol. The minimum Gasteiger partial charge on any atom is -0.506 e. The Hall–Kier alpha value is -2.99. The Kier molecular flexibility index (Phi) is 2.87. The normalized spacial score (nSPS) is 13.0. The molecule has 0 saturated carbocycles. The summed E-state index contributed by atoms with van der Waals surface area (Å²) in [6.45, 7) is 2.13. The van der Waals surface area contributed by atoms with Crippen molar-refractivity contribution >= 4 is 33.4 Å². The Balaban J connectivity index is 1.92. The summed E-state index contributed by atoms with van der Waals surface area (Å²) < 4.78 is 11.0. The number of hydrogen-bond acceptors (Lipinski definition) is 5. The molecule has 5 rings (SSSR count). The molecule has 0 atom stereocenters. The first-order valence-corrected chi connectivity index (χ1v) is 8.06. The van der Waals surface area contributed by atoms with Crippen LogP contribution in [0, 0.1) is 6.92 Å². The number of halogens is 1. The highest BCUT2D eigenvalue weighted by Gasteiger charge is 2.20. The number of benzene rings is 2. The van der Waals surface area contributed by atoms with E-state index in [-0.39, 0.29) is 17.6 Å². The summed E-state index contributed by atoms with van der Waals surface area (Å²) in [6.07, 6.45) is 0. The number of aromatic amines is 1. The third-order valence-electron chi connectivity index (χ3n) is 4.41. The summed E-state index contributed by atoms with van der Waals surface area (Å²) in [5, 5.41) is 20.0. The van der Waals surface area contributed by atoms with E-state index in [1.165, 1.54) is 0 Å². The predicted molar refractivity (Wildman–Crippen MR) is 94.4 cm³/mol. The number of pyridine rings is 1. The summed E-state index contributed by atoms with van der Waals surface area (Å²) >= 11 is 6.09. The Bertz CT molecular complexity index is 1170. The second kappa shape index (κ2) is 5.00. The zero-order valence-electron chi connectivity index (χ0n) is 13.1. The van der Waals surface area contributed by atoms with E-state index in [2.05, 4.69) is 10.2 Å². The smallest absolute Gasteiger partial charge is 0.231 e. The maximum Gasteiger partial charge on any atom is 0.231 e. The number of hydrogen-bond donors (Lipinski definition) is 2. The predicted octanol–water partition coefficient (Wildman–Crippen LogP) is 4.17. The molecule has 25 heavy (non-hydrogen) atoms. The van der Waals surface area contributed by atoms with Gasteiger partial charge in [-0.3, -0.25) is 5.10 Å². The number of aryl methyl sites for hydroxylation is 1. The number of nitrogens with one attached hydrogen (secondary N) is 1. The minimum absolute atomic E-state index is 0.0332. The number of ether oxygens (including phenoxy) is 2. The Morgan fingerprint density at radius 2 is 1.88 bits per heavy atom. The molecule has 0 radical (unpaired) electrons. The van der Waals surface area contributed by atoms with Gasteiger partial charge in [0, 0.05) is 21.7 Å². The lowest BCUT2D eigenvalue weighted by Crippen LogP contribution is -1.92. The molecule has 6 nitrogen and oxygen atoms in total. The lowest BCUT2D eigenvalue weighted by molar-refractivity contribution is 0.174. The molecule has 2 N–H and O–H groups in total. The van der Waals surface area contributed by atoms with Crippen molar-refractivity contribution < 1.29 is 14.6 Å². The SMILES string of the molecule is Cc1n[nH]c2nc(-c3ccc(O)c(Cl)c3)c3cc4c(cc3c12)OCO4. The van der Waals surface area contributed by atoms with Crippen molar-refractivity contribution in [2.45, 2.75) is 6.92 Å². The van der Waals surface area contributed by atoms with Crippen LogP contribution in [0.25, 0.3) is 33.1 Å². The van der Waals surface area contributed by atoms with E-state index >= 15 is 0 Å². The van der Waals surface area contributed by atoms with Crippen molar-refractivity contribution in [2.24, 2.45) is 0 Å². The first-order chi connectivity index (χ1) is 12.1.